The summed E-state index contributed by atoms with van der Waals surface area (Å²) in [6.45, 7) is -0.438. The number of halogens is 1. The highest BCUT2D eigenvalue weighted by Crippen LogP contribution is 2.18. The van der Waals surface area contributed by atoms with Gasteiger partial charge in [0.2, 0.25) is 0 Å². The summed E-state index contributed by atoms with van der Waals surface area (Å²) in [5, 5.41) is 14.3. The Morgan fingerprint density at radius 2 is 1.74 bits per heavy atom. The molecule has 3 amide bonds. The summed E-state index contributed by atoms with van der Waals surface area (Å²) < 4.78 is 5.08. The smallest absolute Gasteiger partial charge is 0.341 e. The molecule has 0 aliphatic rings. The minimum Gasteiger partial charge on any atom is -0.482 e. The minimum atomic E-state index is -1.07. The number of urea groups is 1. The summed E-state index contributed by atoms with van der Waals surface area (Å²) in [4.78, 5) is 41.6. The first-order chi connectivity index (χ1) is 14.8. The molecule has 3 aromatic rings. The maximum atomic E-state index is 12.2. The highest BCUT2D eigenvalue weighted by Gasteiger charge is 2.17. The number of carboxylic acids is 1. The number of nitrogens with two attached hydrogens (primary N) is 1. The number of ether oxygens (including phenoxy) is 1. The van der Waals surface area contributed by atoms with Crippen molar-refractivity contribution >= 4 is 41.0 Å². The van der Waals surface area contributed by atoms with Crippen molar-refractivity contribution in [2.45, 2.75) is 6.42 Å². The number of hydrogen-bond acceptors (Lipinski definition) is 5. The summed E-state index contributed by atoms with van der Waals surface area (Å²) in [5.41, 5.74) is 6.58. The number of aliphatic carboxylic acids is 1. The number of amides is 3. The fourth-order valence-electron chi connectivity index (χ4n) is 2.63. The van der Waals surface area contributed by atoms with Gasteiger partial charge in [0.25, 0.3) is 5.91 Å². The van der Waals surface area contributed by atoms with Crippen LogP contribution in [0.25, 0.3) is 0 Å². The van der Waals surface area contributed by atoms with E-state index in [0.29, 0.717) is 28.7 Å². The Hall–Kier alpha value is -4.05. The van der Waals surface area contributed by atoms with Crippen molar-refractivity contribution in [1.82, 2.24) is 9.97 Å². The first-order valence-corrected chi connectivity index (χ1v) is 9.34. The Balaban J connectivity index is 1.68. The van der Waals surface area contributed by atoms with E-state index in [2.05, 4.69) is 20.6 Å². The van der Waals surface area contributed by atoms with Crippen molar-refractivity contribution in [1.29, 1.82) is 0 Å². The highest BCUT2D eigenvalue weighted by atomic mass is 35.5. The number of nitrogens with zero attached hydrogens (tertiary/aromatic N) is 1. The topological polar surface area (TPSA) is 159 Å². The van der Waals surface area contributed by atoms with Crippen LogP contribution in [0.1, 0.15) is 21.9 Å². The molecule has 2 aromatic carbocycles. The average molecular weight is 444 g/mol. The standard InChI is InChI=1S/C20H18ClN5O5/c21-12-3-5-13(6-4-12)23-20(30)26-19-17(18(22)29)24-15(25-19)9-11-1-7-14(8-2-11)31-10-16(27)28/h1-8H,9-10H2,(H2,22,29)(H,24,25)(H,27,28)(H2,23,26,30). The monoisotopic (exact) mass is 443 g/mol. The molecule has 0 aliphatic carbocycles. The maximum absolute atomic E-state index is 12.2. The number of carboxylic acid groups (broad SMARTS) is 1. The number of carbonyl (C=O) groups is 3. The SMILES string of the molecule is NC(=O)c1nc(Cc2ccc(OCC(=O)O)cc2)[nH]c1NC(=O)Nc1ccc(Cl)cc1. The molecule has 0 saturated heterocycles. The number of imidazole rings is 1. The maximum Gasteiger partial charge on any atom is 0.341 e. The van der Waals surface area contributed by atoms with Crippen LogP contribution in [0.15, 0.2) is 48.5 Å². The van der Waals surface area contributed by atoms with E-state index >= 15 is 0 Å². The van der Waals surface area contributed by atoms with Crippen LogP contribution < -0.4 is 21.1 Å². The van der Waals surface area contributed by atoms with Gasteiger partial charge < -0.3 is 25.9 Å². The normalized spacial score (nSPS) is 10.4. The van der Waals surface area contributed by atoms with Crippen LogP contribution in [0.3, 0.4) is 0 Å². The summed E-state index contributed by atoms with van der Waals surface area (Å²) in [6, 6.07) is 12.6. The van der Waals surface area contributed by atoms with Gasteiger partial charge in [0.1, 0.15) is 17.4 Å². The number of anilines is 2. The summed E-state index contributed by atoms with van der Waals surface area (Å²) >= 11 is 5.82. The Bertz CT molecular complexity index is 1100. The van der Waals surface area contributed by atoms with E-state index in [4.69, 9.17) is 27.2 Å². The zero-order valence-electron chi connectivity index (χ0n) is 16.0. The van der Waals surface area contributed by atoms with Gasteiger partial charge in [0, 0.05) is 17.1 Å². The van der Waals surface area contributed by atoms with Gasteiger partial charge in [-0.3, -0.25) is 10.1 Å². The lowest BCUT2D eigenvalue weighted by Gasteiger charge is -2.07. The fraction of sp³-hybridized carbons (Fsp3) is 0.100. The molecule has 160 valence electrons. The number of H-pyrrole nitrogens is 1. The van der Waals surface area contributed by atoms with Crippen LogP contribution in [0.2, 0.25) is 5.02 Å². The molecular formula is C20H18ClN5O5. The highest BCUT2D eigenvalue weighted by molar-refractivity contribution is 6.30. The predicted molar refractivity (Wildman–Crippen MR) is 114 cm³/mol. The largest absolute Gasteiger partial charge is 0.482 e. The number of aromatic nitrogens is 2. The van der Waals surface area contributed by atoms with Gasteiger partial charge in [-0.05, 0) is 42.0 Å². The molecule has 1 aromatic heterocycles. The van der Waals surface area contributed by atoms with E-state index in [-0.39, 0.29) is 11.5 Å². The van der Waals surface area contributed by atoms with Crippen LogP contribution >= 0.6 is 11.6 Å². The van der Waals surface area contributed by atoms with E-state index in [9.17, 15) is 14.4 Å². The lowest BCUT2D eigenvalue weighted by atomic mass is 10.1. The van der Waals surface area contributed by atoms with E-state index in [1.54, 1.807) is 48.5 Å². The first kappa shape index (κ1) is 21.7. The zero-order chi connectivity index (χ0) is 22.4. The second-order valence-corrected chi connectivity index (χ2v) is 6.80. The third kappa shape index (κ3) is 6.21. The molecule has 3 rings (SSSR count). The quantitative estimate of drug-likeness (QED) is 0.360. The number of carbonyl (C=O) groups excluding carboxylic acids is 2. The molecule has 0 atom stereocenters. The third-order valence-corrected chi connectivity index (χ3v) is 4.24. The molecule has 0 bridgehead atoms. The van der Waals surface area contributed by atoms with Crippen LogP contribution in [0, 0.1) is 0 Å². The first-order valence-electron chi connectivity index (χ1n) is 8.96. The molecule has 11 heteroatoms. The molecular weight excluding hydrogens is 426 g/mol. The van der Waals surface area contributed by atoms with Crippen molar-refractivity contribution in [2.75, 3.05) is 17.2 Å². The van der Waals surface area contributed by atoms with E-state index in [1.807, 2.05) is 0 Å². The molecule has 0 radical (unpaired) electrons. The Kier molecular flexibility index (Phi) is 6.73. The van der Waals surface area contributed by atoms with Gasteiger partial charge in [-0.1, -0.05) is 23.7 Å². The number of rotatable bonds is 8. The lowest BCUT2D eigenvalue weighted by Crippen LogP contribution is -2.22. The summed E-state index contributed by atoms with van der Waals surface area (Å²) in [5.74, 6) is -1.00. The molecule has 10 nitrogen and oxygen atoms in total. The molecule has 0 aliphatic heterocycles. The van der Waals surface area contributed by atoms with E-state index in [1.165, 1.54) is 0 Å². The van der Waals surface area contributed by atoms with Crippen molar-refractivity contribution in [3.63, 3.8) is 0 Å². The molecule has 6 N–H and O–H groups in total. The Labute approximate surface area is 181 Å². The number of aromatic amines is 1. The van der Waals surface area contributed by atoms with Crippen molar-refractivity contribution in [3.05, 3.63) is 70.6 Å². The number of benzene rings is 2. The second-order valence-electron chi connectivity index (χ2n) is 6.36. The van der Waals surface area contributed by atoms with Gasteiger partial charge in [0.05, 0.1) is 0 Å². The average Bonchev–Trinajstić information content (AvgIpc) is 3.11. The molecule has 0 spiro atoms. The van der Waals surface area contributed by atoms with Crippen molar-refractivity contribution in [2.24, 2.45) is 5.73 Å². The number of primary amides is 1. The second kappa shape index (κ2) is 9.63. The van der Waals surface area contributed by atoms with Crippen LogP contribution in [0.4, 0.5) is 16.3 Å². The predicted octanol–water partition coefficient (Wildman–Crippen LogP) is 2.86. The molecule has 0 unspecified atom stereocenters. The van der Waals surface area contributed by atoms with Crippen molar-refractivity contribution in [3.8, 4) is 5.75 Å². The molecule has 0 fully saturated rings. The lowest BCUT2D eigenvalue weighted by molar-refractivity contribution is -0.139. The van der Waals surface area contributed by atoms with Crippen LogP contribution in [-0.4, -0.2) is 39.6 Å². The zero-order valence-corrected chi connectivity index (χ0v) is 16.8. The van der Waals surface area contributed by atoms with Gasteiger partial charge in [-0.15, -0.1) is 0 Å². The third-order valence-electron chi connectivity index (χ3n) is 3.98. The number of hydrogen-bond donors (Lipinski definition) is 5. The molecule has 0 saturated carbocycles. The van der Waals surface area contributed by atoms with Gasteiger partial charge in [0.15, 0.2) is 12.3 Å². The van der Waals surface area contributed by atoms with Gasteiger partial charge in [-0.2, -0.15) is 0 Å². The molecule has 31 heavy (non-hydrogen) atoms. The minimum absolute atomic E-state index is 0.0652. The Morgan fingerprint density at radius 3 is 2.35 bits per heavy atom. The van der Waals surface area contributed by atoms with Crippen molar-refractivity contribution < 1.29 is 24.2 Å². The summed E-state index contributed by atoms with van der Waals surface area (Å²) in [7, 11) is 0. The van der Waals surface area contributed by atoms with Gasteiger partial charge >= 0.3 is 12.0 Å². The van der Waals surface area contributed by atoms with E-state index in [0.717, 1.165) is 5.56 Å². The van der Waals surface area contributed by atoms with Crippen LogP contribution in [0.5, 0.6) is 5.75 Å². The summed E-state index contributed by atoms with van der Waals surface area (Å²) in [6.07, 6.45) is 0.306. The number of nitrogens with one attached hydrogen (secondary N) is 3. The van der Waals surface area contributed by atoms with Gasteiger partial charge in [-0.25, -0.2) is 14.6 Å². The fourth-order valence-corrected chi connectivity index (χ4v) is 2.75. The van der Waals surface area contributed by atoms with E-state index < -0.39 is 24.5 Å². The molecule has 1 heterocycles. The van der Waals surface area contributed by atoms with Crippen LogP contribution in [-0.2, 0) is 11.2 Å². The Morgan fingerprint density at radius 1 is 1.06 bits per heavy atom.